The molecule has 0 saturated heterocycles. The van der Waals surface area contributed by atoms with Gasteiger partial charge in [0.25, 0.3) is 6.02 Å². The fourth-order valence-electron chi connectivity index (χ4n) is 1.71. The van der Waals surface area contributed by atoms with Crippen molar-refractivity contribution in [1.82, 2.24) is 4.90 Å². The summed E-state index contributed by atoms with van der Waals surface area (Å²) in [6.45, 7) is 4.37. The van der Waals surface area contributed by atoms with Crippen molar-refractivity contribution in [2.75, 3.05) is 20.2 Å². The molecule has 6 nitrogen and oxygen atoms in total. The molecule has 0 aliphatic carbocycles. The van der Waals surface area contributed by atoms with Gasteiger partial charge in [-0.05, 0) is 20.3 Å². The van der Waals surface area contributed by atoms with E-state index in [4.69, 9.17) is 9.84 Å². The first kappa shape index (κ1) is 14.2. The molecular weight excluding hydrogens is 224 g/mol. The van der Waals surface area contributed by atoms with Crippen LogP contribution in [0.15, 0.2) is 4.99 Å². The van der Waals surface area contributed by atoms with Crippen LogP contribution in [0.3, 0.4) is 0 Å². The minimum Gasteiger partial charge on any atom is -0.460 e. The molecule has 0 amide bonds. The Bertz CT molecular complexity index is 272. The standard InChI is InChI=1S/C11H22N2O4/c1-4-13(3)11-12-9(7(2)17-11)10(16)8(15)5-6-14/h7-10,14-16H,4-6H2,1-3H3/t7?,8-,9?,10+/m1/s1. The lowest BCUT2D eigenvalue weighted by Crippen LogP contribution is -2.41. The highest BCUT2D eigenvalue weighted by Crippen LogP contribution is 2.20. The lowest BCUT2D eigenvalue weighted by molar-refractivity contribution is -0.0226. The molecule has 1 rings (SSSR count). The first-order chi connectivity index (χ1) is 8.01. The van der Waals surface area contributed by atoms with Gasteiger partial charge >= 0.3 is 0 Å². The van der Waals surface area contributed by atoms with Crippen LogP contribution in [0.4, 0.5) is 0 Å². The molecule has 0 bridgehead atoms. The van der Waals surface area contributed by atoms with E-state index >= 15 is 0 Å². The predicted octanol–water partition coefficient (Wildman–Crippen LogP) is -0.814. The largest absolute Gasteiger partial charge is 0.460 e. The maximum absolute atomic E-state index is 9.92. The molecule has 1 heterocycles. The fourth-order valence-corrected chi connectivity index (χ4v) is 1.71. The van der Waals surface area contributed by atoms with Crippen LogP contribution in [0.5, 0.6) is 0 Å². The first-order valence-corrected chi connectivity index (χ1v) is 5.93. The van der Waals surface area contributed by atoms with Crippen LogP contribution in [-0.4, -0.2) is 70.8 Å². The number of nitrogens with zero attached hydrogens (tertiary/aromatic N) is 2. The molecule has 0 saturated carbocycles. The van der Waals surface area contributed by atoms with Crippen LogP contribution >= 0.6 is 0 Å². The Labute approximate surface area is 102 Å². The smallest absolute Gasteiger partial charge is 0.287 e. The second kappa shape index (κ2) is 6.18. The zero-order valence-electron chi connectivity index (χ0n) is 10.6. The zero-order chi connectivity index (χ0) is 13.0. The van der Waals surface area contributed by atoms with Gasteiger partial charge in [-0.15, -0.1) is 0 Å². The zero-order valence-corrected chi connectivity index (χ0v) is 10.6. The third-order valence-electron chi connectivity index (χ3n) is 3.00. The topological polar surface area (TPSA) is 85.5 Å². The summed E-state index contributed by atoms with van der Waals surface area (Å²) < 4.78 is 5.52. The molecule has 0 aromatic carbocycles. The second-order valence-electron chi connectivity index (χ2n) is 4.31. The predicted molar refractivity (Wildman–Crippen MR) is 63.8 cm³/mol. The number of hydrogen-bond donors (Lipinski definition) is 3. The van der Waals surface area contributed by atoms with Crippen molar-refractivity contribution in [3.05, 3.63) is 0 Å². The summed E-state index contributed by atoms with van der Waals surface area (Å²) >= 11 is 0. The minimum atomic E-state index is -1.01. The van der Waals surface area contributed by atoms with Gasteiger partial charge in [0.2, 0.25) is 0 Å². The van der Waals surface area contributed by atoms with Crippen LogP contribution in [-0.2, 0) is 4.74 Å². The summed E-state index contributed by atoms with van der Waals surface area (Å²) in [5.41, 5.74) is 0. The average molecular weight is 246 g/mol. The van der Waals surface area contributed by atoms with E-state index in [-0.39, 0.29) is 19.1 Å². The highest BCUT2D eigenvalue weighted by Gasteiger charge is 2.37. The maximum Gasteiger partial charge on any atom is 0.287 e. The normalized spacial score (nSPS) is 27.3. The van der Waals surface area contributed by atoms with E-state index in [9.17, 15) is 10.2 Å². The average Bonchev–Trinajstić information content (AvgIpc) is 2.69. The van der Waals surface area contributed by atoms with Gasteiger partial charge in [-0.3, -0.25) is 0 Å². The van der Waals surface area contributed by atoms with Crippen molar-refractivity contribution in [2.45, 2.75) is 44.6 Å². The van der Waals surface area contributed by atoms with Gasteiger partial charge in [-0.1, -0.05) is 0 Å². The fraction of sp³-hybridized carbons (Fsp3) is 0.909. The molecule has 3 N–H and O–H groups in total. The van der Waals surface area contributed by atoms with Crippen molar-refractivity contribution < 1.29 is 20.1 Å². The van der Waals surface area contributed by atoms with Crippen LogP contribution in [0, 0.1) is 0 Å². The third kappa shape index (κ3) is 3.31. The molecule has 6 heteroatoms. The van der Waals surface area contributed by atoms with Crippen LogP contribution < -0.4 is 0 Å². The van der Waals surface area contributed by atoms with Gasteiger partial charge in [-0.25, -0.2) is 4.99 Å². The van der Waals surface area contributed by atoms with Crippen LogP contribution in [0.25, 0.3) is 0 Å². The van der Waals surface area contributed by atoms with Crippen LogP contribution in [0.1, 0.15) is 20.3 Å². The molecule has 100 valence electrons. The summed E-state index contributed by atoms with van der Waals surface area (Å²) in [5, 5.41) is 28.3. The number of rotatable bonds is 5. The molecule has 0 spiro atoms. The Balaban J connectivity index is 2.67. The van der Waals surface area contributed by atoms with E-state index in [1.165, 1.54) is 0 Å². The summed E-state index contributed by atoms with van der Waals surface area (Å²) in [4.78, 5) is 6.11. The number of amidine groups is 1. The van der Waals surface area contributed by atoms with Crippen molar-refractivity contribution in [1.29, 1.82) is 0 Å². The molecule has 4 atom stereocenters. The Morgan fingerprint density at radius 1 is 1.47 bits per heavy atom. The number of ether oxygens (including phenoxy) is 1. The van der Waals surface area contributed by atoms with Gasteiger partial charge < -0.3 is 25.0 Å². The Kier molecular flexibility index (Phi) is 5.17. The quantitative estimate of drug-likeness (QED) is 0.590. The Hall–Kier alpha value is -0.850. The molecule has 0 fully saturated rings. The Morgan fingerprint density at radius 3 is 2.65 bits per heavy atom. The molecule has 17 heavy (non-hydrogen) atoms. The Morgan fingerprint density at radius 2 is 2.12 bits per heavy atom. The van der Waals surface area contributed by atoms with Gasteiger partial charge in [0, 0.05) is 20.2 Å². The van der Waals surface area contributed by atoms with Gasteiger partial charge in [0.15, 0.2) is 0 Å². The summed E-state index contributed by atoms with van der Waals surface area (Å²) in [5.74, 6) is 0. The van der Waals surface area contributed by atoms with E-state index < -0.39 is 18.2 Å². The number of aliphatic hydroxyl groups excluding tert-OH is 3. The third-order valence-corrected chi connectivity index (χ3v) is 3.00. The van der Waals surface area contributed by atoms with E-state index in [2.05, 4.69) is 4.99 Å². The van der Waals surface area contributed by atoms with Crippen molar-refractivity contribution in [3.8, 4) is 0 Å². The second-order valence-corrected chi connectivity index (χ2v) is 4.31. The van der Waals surface area contributed by atoms with E-state index in [1.54, 1.807) is 6.92 Å². The van der Waals surface area contributed by atoms with Crippen molar-refractivity contribution in [2.24, 2.45) is 4.99 Å². The number of aliphatic hydroxyl groups is 3. The lowest BCUT2D eigenvalue weighted by Gasteiger charge is -2.23. The maximum atomic E-state index is 9.92. The summed E-state index contributed by atoms with van der Waals surface area (Å²) in [6.07, 6.45) is -2.13. The van der Waals surface area contributed by atoms with Crippen molar-refractivity contribution in [3.63, 3.8) is 0 Å². The molecule has 2 unspecified atom stereocenters. The first-order valence-electron chi connectivity index (χ1n) is 5.93. The summed E-state index contributed by atoms with van der Waals surface area (Å²) in [7, 11) is 1.85. The molecule has 1 aliphatic rings. The number of aliphatic imine (C=N–C) groups is 1. The van der Waals surface area contributed by atoms with Gasteiger partial charge in [0.05, 0.1) is 6.10 Å². The van der Waals surface area contributed by atoms with Crippen molar-refractivity contribution >= 4 is 6.02 Å². The molecule has 1 aliphatic heterocycles. The van der Waals surface area contributed by atoms with Crippen LogP contribution in [0.2, 0.25) is 0 Å². The minimum absolute atomic E-state index is 0.138. The highest BCUT2D eigenvalue weighted by atomic mass is 16.5. The molecule has 0 aromatic heterocycles. The van der Waals surface area contributed by atoms with E-state index in [0.29, 0.717) is 6.02 Å². The van der Waals surface area contributed by atoms with E-state index in [0.717, 1.165) is 6.54 Å². The highest BCUT2D eigenvalue weighted by molar-refractivity contribution is 5.75. The monoisotopic (exact) mass is 246 g/mol. The molecule has 0 aromatic rings. The lowest BCUT2D eigenvalue weighted by atomic mass is 10.0. The molecular formula is C11H22N2O4. The summed E-state index contributed by atoms with van der Waals surface area (Å²) in [6, 6.07) is 0.000739. The van der Waals surface area contributed by atoms with Gasteiger partial charge in [0.1, 0.15) is 18.2 Å². The molecule has 0 radical (unpaired) electrons. The van der Waals surface area contributed by atoms with Gasteiger partial charge in [-0.2, -0.15) is 0 Å². The number of hydrogen-bond acceptors (Lipinski definition) is 6. The van der Waals surface area contributed by atoms with E-state index in [1.807, 2.05) is 18.9 Å². The SMILES string of the molecule is CCN(C)C1=NC([C@@H](O)[C@H](O)CCO)C(C)O1.